The Balaban J connectivity index is 3.81. The van der Waals surface area contributed by atoms with E-state index in [-0.39, 0.29) is 6.04 Å². The fraction of sp³-hybridized carbons (Fsp3) is 0.969. The van der Waals surface area contributed by atoms with Crippen LogP contribution in [-0.4, -0.2) is 35.1 Å². The first-order valence-electron chi connectivity index (χ1n) is 16.1. The monoisotopic (exact) mass is 496 g/mol. The van der Waals surface area contributed by atoms with Crippen molar-refractivity contribution in [2.45, 2.75) is 187 Å². The molecule has 0 aliphatic carbocycles. The van der Waals surface area contributed by atoms with Crippen LogP contribution in [0.2, 0.25) is 0 Å². The summed E-state index contributed by atoms with van der Waals surface area (Å²) in [6.45, 7) is 8.50. The predicted octanol–water partition coefficient (Wildman–Crippen LogP) is 10.6. The van der Waals surface area contributed by atoms with E-state index in [0.29, 0.717) is 6.42 Å². The number of carbonyl (C=O) groups is 1. The van der Waals surface area contributed by atoms with Crippen LogP contribution in [0.15, 0.2) is 0 Å². The largest absolute Gasteiger partial charge is 0.480 e. The summed E-state index contributed by atoms with van der Waals surface area (Å²) < 4.78 is 0. The summed E-state index contributed by atoms with van der Waals surface area (Å²) in [5, 5.41) is 9.68. The van der Waals surface area contributed by atoms with E-state index in [2.05, 4.69) is 18.7 Å². The predicted molar refractivity (Wildman–Crippen MR) is 155 cm³/mol. The van der Waals surface area contributed by atoms with Crippen LogP contribution in [0.5, 0.6) is 0 Å². The molecule has 0 fully saturated rings. The minimum absolute atomic E-state index is 0.296. The highest BCUT2D eigenvalue weighted by Gasteiger charge is 2.22. The molecule has 0 rings (SSSR count). The topological polar surface area (TPSA) is 40.5 Å². The van der Waals surface area contributed by atoms with Gasteiger partial charge in [0.25, 0.3) is 0 Å². The molecule has 35 heavy (non-hydrogen) atoms. The first kappa shape index (κ1) is 34.4. The fourth-order valence-corrected chi connectivity index (χ4v) is 5.32. The van der Waals surface area contributed by atoms with Crippen molar-refractivity contribution in [3.63, 3.8) is 0 Å². The molecule has 0 aliphatic rings. The van der Waals surface area contributed by atoms with Gasteiger partial charge in [-0.3, -0.25) is 9.69 Å². The molecule has 0 bridgehead atoms. The van der Waals surface area contributed by atoms with Crippen LogP contribution >= 0.6 is 0 Å². The summed E-state index contributed by atoms with van der Waals surface area (Å²) in [5.41, 5.74) is 0. The lowest BCUT2D eigenvalue weighted by atomic mass is 10.0. The van der Waals surface area contributed by atoms with Crippen LogP contribution in [0.3, 0.4) is 0 Å². The minimum atomic E-state index is -0.634. The number of hydrogen-bond acceptors (Lipinski definition) is 2. The van der Waals surface area contributed by atoms with Gasteiger partial charge in [-0.15, -0.1) is 0 Å². The molecular weight excluding hydrogens is 430 g/mol. The lowest BCUT2D eigenvalue weighted by Crippen LogP contribution is -2.42. The zero-order valence-electron chi connectivity index (χ0n) is 24.5. The average Bonchev–Trinajstić information content (AvgIpc) is 2.85. The van der Waals surface area contributed by atoms with Crippen molar-refractivity contribution in [2.24, 2.45) is 0 Å². The first-order chi connectivity index (χ1) is 17.2. The Kier molecular flexibility index (Phi) is 27.6. The van der Waals surface area contributed by atoms with Gasteiger partial charge in [-0.25, -0.2) is 0 Å². The molecule has 0 saturated carbocycles. The maximum Gasteiger partial charge on any atom is 0.320 e. The number of carboxylic acids is 1. The maximum absolute atomic E-state index is 11.8. The van der Waals surface area contributed by atoms with E-state index in [1.165, 1.54) is 141 Å². The molecule has 1 N–H and O–H groups in total. The first-order valence-corrected chi connectivity index (χ1v) is 16.1. The molecule has 0 spiro atoms. The Labute approximate surface area is 221 Å². The standard InChI is InChI=1S/C32H65NO2/c1-4-7-9-11-13-15-17-19-21-23-25-27-29-33(31(6-3)32(34)35)30-28-26-24-22-20-18-16-14-12-10-8-5-2/h31H,4-30H2,1-3H3,(H,34,35). The molecule has 0 heterocycles. The zero-order valence-corrected chi connectivity index (χ0v) is 24.5. The van der Waals surface area contributed by atoms with Gasteiger partial charge in [0.1, 0.15) is 6.04 Å². The van der Waals surface area contributed by atoms with Crippen LogP contribution in [0.25, 0.3) is 0 Å². The third-order valence-corrected chi connectivity index (χ3v) is 7.71. The van der Waals surface area contributed by atoms with Crippen molar-refractivity contribution < 1.29 is 9.90 Å². The third kappa shape index (κ3) is 23.6. The van der Waals surface area contributed by atoms with Gasteiger partial charge >= 0.3 is 5.97 Å². The van der Waals surface area contributed by atoms with Crippen LogP contribution in [-0.2, 0) is 4.79 Å². The van der Waals surface area contributed by atoms with Gasteiger partial charge in [-0.2, -0.15) is 0 Å². The smallest absolute Gasteiger partial charge is 0.320 e. The Morgan fingerprint density at radius 1 is 0.486 bits per heavy atom. The van der Waals surface area contributed by atoms with E-state index in [9.17, 15) is 9.90 Å². The molecule has 3 heteroatoms. The van der Waals surface area contributed by atoms with Gasteiger partial charge in [-0.1, -0.05) is 162 Å². The summed E-state index contributed by atoms with van der Waals surface area (Å²) in [5.74, 6) is -0.634. The van der Waals surface area contributed by atoms with Crippen LogP contribution in [0.4, 0.5) is 0 Å². The van der Waals surface area contributed by atoms with E-state index in [1.807, 2.05) is 6.92 Å². The van der Waals surface area contributed by atoms with E-state index < -0.39 is 5.97 Å². The molecule has 0 saturated heterocycles. The Morgan fingerprint density at radius 3 is 0.971 bits per heavy atom. The lowest BCUT2D eigenvalue weighted by Gasteiger charge is -2.28. The second-order valence-corrected chi connectivity index (χ2v) is 11.1. The summed E-state index contributed by atoms with van der Waals surface area (Å²) in [7, 11) is 0. The number of nitrogens with zero attached hydrogens (tertiary/aromatic N) is 1. The number of carboxylic acid groups (broad SMARTS) is 1. The highest BCUT2D eigenvalue weighted by Crippen LogP contribution is 2.15. The van der Waals surface area contributed by atoms with Gasteiger partial charge in [0.05, 0.1) is 0 Å². The third-order valence-electron chi connectivity index (χ3n) is 7.71. The average molecular weight is 496 g/mol. The zero-order chi connectivity index (χ0) is 25.8. The van der Waals surface area contributed by atoms with E-state index >= 15 is 0 Å². The van der Waals surface area contributed by atoms with Gasteiger partial charge in [0, 0.05) is 0 Å². The van der Waals surface area contributed by atoms with E-state index in [4.69, 9.17) is 0 Å². The molecule has 0 radical (unpaired) electrons. The van der Waals surface area contributed by atoms with Crippen LogP contribution in [0, 0.1) is 0 Å². The second-order valence-electron chi connectivity index (χ2n) is 11.1. The molecule has 1 atom stereocenters. The van der Waals surface area contributed by atoms with Gasteiger partial charge in [0.15, 0.2) is 0 Å². The lowest BCUT2D eigenvalue weighted by molar-refractivity contribution is -0.143. The minimum Gasteiger partial charge on any atom is -0.480 e. The highest BCUT2D eigenvalue weighted by atomic mass is 16.4. The Morgan fingerprint density at radius 2 is 0.743 bits per heavy atom. The molecular formula is C32H65NO2. The van der Waals surface area contributed by atoms with E-state index in [0.717, 1.165) is 25.9 Å². The molecule has 1 unspecified atom stereocenters. The summed E-state index contributed by atoms with van der Waals surface area (Å²) in [4.78, 5) is 14.0. The van der Waals surface area contributed by atoms with Crippen molar-refractivity contribution in [3.05, 3.63) is 0 Å². The van der Waals surface area contributed by atoms with Crippen molar-refractivity contribution in [1.82, 2.24) is 4.90 Å². The molecule has 0 amide bonds. The number of rotatable bonds is 29. The Bertz CT molecular complexity index is 398. The van der Waals surface area contributed by atoms with Gasteiger partial charge < -0.3 is 5.11 Å². The quantitative estimate of drug-likeness (QED) is 0.105. The summed E-state index contributed by atoms with van der Waals surface area (Å²) in [6, 6.07) is -0.296. The summed E-state index contributed by atoms with van der Waals surface area (Å²) >= 11 is 0. The molecule has 0 aliphatic heterocycles. The van der Waals surface area contributed by atoms with Crippen molar-refractivity contribution in [2.75, 3.05) is 13.1 Å². The molecule has 0 aromatic heterocycles. The van der Waals surface area contributed by atoms with Crippen molar-refractivity contribution >= 4 is 5.97 Å². The SMILES string of the molecule is CCCCCCCCCCCCCCN(CCCCCCCCCCCCCC)C(CC)C(=O)O. The number of aliphatic carboxylic acids is 1. The normalized spacial score (nSPS) is 12.5. The molecule has 3 nitrogen and oxygen atoms in total. The van der Waals surface area contributed by atoms with Gasteiger partial charge in [-0.05, 0) is 32.4 Å². The maximum atomic E-state index is 11.8. The van der Waals surface area contributed by atoms with Crippen molar-refractivity contribution in [3.8, 4) is 0 Å². The summed E-state index contributed by atoms with van der Waals surface area (Å²) in [6.07, 6.45) is 33.2. The van der Waals surface area contributed by atoms with Gasteiger partial charge in [0.2, 0.25) is 0 Å². The second kappa shape index (κ2) is 28.0. The fourth-order valence-electron chi connectivity index (χ4n) is 5.32. The number of hydrogen-bond donors (Lipinski definition) is 1. The molecule has 0 aromatic carbocycles. The highest BCUT2D eigenvalue weighted by molar-refractivity contribution is 5.73. The van der Waals surface area contributed by atoms with Crippen molar-refractivity contribution in [1.29, 1.82) is 0 Å². The van der Waals surface area contributed by atoms with Crippen LogP contribution < -0.4 is 0 Å². The van der Waals surface area contributed by atoms with Crippen LogP contribution in [0.1, 0.15) is 181 Å². The Hall–Kier alpha value is -0.570. The van der Waals surface area contributed by atoms with E-state index in [1.54, 1.807) is 0 Å². The molecule has 0 aromatic rings. The molecule has 210 valence electrons. The number of unbranched alkanes of at least 4 members (excludes halogenated alkanes) is 22.